The van der Waals surface area contributed by atoms with E-state index in [4.69, 9.17) is 14.2 Å². The van der Waals surface area contributed by atoms with Crippen LogP contribution < -0.4 is 11.2 Å². The average Bonchev–Trinajstić information content (AvgIpc) is 3.05. The highest BCUT2D eigenvalue weighted by Crippen LogP contribution is 2.39. The normalized spacial score (nSPS) is 30.9. The summed E-state index contributed by atoms with van der Waals surface area (Å²) in [6.07, 6.45) is 1.09. The standard InChI is InChI=1S/C17H25N3O7/c1-4-25-14(21)5-6-17(3)20(24)11-7-13(27-12(11)9-26-17)19-8-10(2)15(22)18-16(19)23/h8,11-13,24H,4-7,9H2,1-3H3,(H,18,22,23)/t11-,12-,13?,17?/m1/s1. The van der Waals surface area contributed by atoms with Gasteiger partial charge in [0.2, 0.25) is 0 Å². The fourth-order valence-electron chi connectivity index (χ4n) is 3.53. The Labute approximate surface area is 155 Å². The lowest BCUT2D eigenvalue weighted by Gasteiger charge is -2.45. The smallest absolute Gasteiger partial charge is 0.330 e. The molecule has 2 saturated heterocycles. The Morgan fingerprint density at radius 1 is 1.48 bits per heavy atom. The fraction of sp³-hybridized carbons (Fsp3) is 0.706. The van der Waals surface area contributed by atoms with E-state index in [9.17, 15) is 19.6 Å². The van der Waals surface area contributed by atoms with E-state index in [2.05, 4.69) is 4.98 Å². The average molecular weight is 383 g/mol. The van der Waals surface area contributed by atoms with Crippen LogP contribution in [0.3, 0.4) is 0 Å². The predicted molar refractivity (Wildman–Crippen MR) is 92.2 cm³/mol. The van der Waals surface area contributed by atoms with Crippen LogP contribution >= 0.6 is 0 Å². The SMILES string of the molecule is CCOC(=O)CCC1(C)OC[C@H]2OC(n3cc(C)c(=O)[nH]c3=O)C[C@H]2N1O. The molecular weight excluding hydrogens is 358 g/mol. The number of nitrogens with zero attached hydrogens (tertiary/aromatic N) is 2. The van der Waals surface area contributed by atoms with Gasteiger partial charge in [0.15, 0.2) is 0 Å². The first kappa shape index (κ1) is 19.7. The second-order valence-electron chi connectivity index (χ2n) is 7.05. The van der Waals surface area contributed by atoms with Crippen molar-refractivity contribution in [2.45, 2.75) is 64.1 Å². The summed E-state index contributed by atoms with van der Waals surface area (Å²) in [5.74, 6) is -0.353. The molecule has 2 unspecified atom stereocenters. The Balaban J connectivity index is 1.73. The second-order valence-corrected chi connectivity index (χ2v) is 7.05. The van der Waals surface area contributed by atoms with E-state index in [0.717, 1.165) is 5.06 Å². The number of aromatic amines is 1. The van der Waals surface area contributed by atoms with Crippen LogP contribution in [0.15, 0.2) is 15.8 Å². The number of hydrogen-bond donors (Lipinski definition) is 2. The monoisotopic (exact) mass is 383 g/mol. The molecule has 2 aliphatic heterocycles. The second kappa shape index (κ2) is 7.55. The van der Waals surface area contributed by atoms with Crippen molar-refractivity contribution in [3.63, 3.8) is 0 Å². The molecule has 0 amide bonds. The molecule has 0 bridgehead atoms. The molecule has 10 heteroatoms. The number of aromatic nitrogens is 2. The van der Waals surface area contributed by atoms with Gasteiger partial charge in [0.1, 0.15) is 18.1 Å². The summed E-state index contributed by atoms with van der Waals surface area (Å²) in [7, 11) is 0. The molecule has 0 aliphatic carbocycles. The minimum absolute atomic E-state index is 0.113. The molecule has 10 nitrogen and oxygen atoms in total. The number of aryl methyl sites for hydroxylation is 1. The maximum absolute atomic E-state index is 12.1. The van der Waals surface area contributed by atoms with E-state index in [-0.39, 0.29) is 25.4 Å². The highest BCUT2D eigenvalue weighted by molar-refractivity contribution is 5.69. The summed E-state index contributed by atoms with van der Waals surface area (Å²) < 4.78 is 17.9. The number of carbonyl (C=O) groups excluding carboxylic acids is 1. The van der Waals surface area contributed by atoms with Gasteiger partial charge in [-0.15, -0.1) is 0 Å². The van der Waals surface area contributed by atoms with Crippen LogP contribution in [0, 0.1) is 6.92 Å². The van der Waals surface area contributed by atoms with Crippen LogP contribution in [0.4, 0.5) is 0 Å². The number of fused-ring (bicyclic) bond motifs is 1. The zero-order valence-electron chi connectivity index (χ0n) is 15.6. The lowest BCUT2D eigenvalue weighted by molar-refractivity contribution is -0.336. The summed E-state index contributed by atoms with van der Waals surface area (Å²) in [4.78, 5) is 37.5. The number of hydroxylamine groups is 2. The number of hydrogen-bond acceptors (Lipinski definition) is 8. The van der Waals surface area contributed by atoms with Gasteiger partial charge < -0.3 is 19.4 Å². The number of ether oxygens (including phenoxy) is 3. The Kier molecular flexibility index (Phi) is 5.52. The maximum atomic E-state index is 12.1. The molecule has 0 aromatic carbocycles. The third kappa shape index (κ3) is 3.84. The van der Waals surface area contributed by atoms with Crippen molar-refractivity contribution in [2.24, 2.45) is 0 Å². The van der Waals surface area contributed by atoms with Crippen molar-refractivity contribution in [1.82, 2.24) is 14.6 Å². The van der Waals surface area contributed by atoms with Crippen LogP contribution in [-0.4, -0.2) is 56.9 Å². The van der Waals surface area contributed by atoms with Crippen LogP contribution in [0.2, 0.25) is 0 Å². The molecule has 0 spiro atoms. The zero-order chi connectivity index (χ0) is 19.8. The van der Waals surface area contributed by atoms with Gasteiger partial charge in [0.05, 0.1) is 19.3 Å². The van der Waals surface area contributed by atoms with Gasteiger partial charge in [-0.1, -0.05) is 0 Å². The maximum Gasteiger partial charge on any atom is 0.330 e. The van der Waals surface area contributed by atoms with Crippen molar-refractivity contribution in [3.05, 3.63) is 32.6 Å². The lowest BCUT2D eigenvalue weighted by Crippen LogP contribution is -2.60. The van der Waals surface area contributed by atoms with Crippen molar-refractivity contribution in [3.8, 4) is 0 Å². The van der Waals surface area contributed by atoms with Gasteiger partial charge in [-0.2, -0.15) is 5.06 Å². The minimum atomic E-state index is -1.06. The molecule has 3 rings (SSSR count). The summed E-state index contributed by atoms with van der Waals surface area (Å²) >= 11 is 0. The Morgan fingerprint density at radius 2 is 2.22 bits per heavy atom. The summed E-state index contributed by atoms with van der Waals surface area (Å²) in [5.41, 5.74) is -1.67. The molecule has 2 N–H and O–H groups in total. The van der Waals surface area contributed by atoms with Gasteiger partial charge in [0.25, 0.3) is 5.56 Å². The summed E-state index contributed by atoms with van der Waals surface area (Å²) in [6, 6.07) is -0.407. The predicted octanol–water partition coefficient (Wildman–Crippen LogP) is 0.282. The van der Waals surface area contributed by atoms with Crippen molar-refractivity contribution in [1.29, 1.82) is 0 Å². The van der Waals surface area contributed by atoms with Crippen molar-refractivity contribution < 1.29 is 24.2 Å². The van der Waals surface area contributed by atoms with E-state index < -0.39 is 35.3 Å². The molecule has 0 radical (unpaired) electrons. The number of carbonyl (C=O) groups is 1. The molecule has 150 valence electrons. The summed E-state index contributed by atoms with van der Waals surface area (Å²) in [6.45, 7) is 5.55. The number of nitrogens with one attached hydrogen (secondary N) is 1. The van der Waals surface area contributed by atoms with E-state index >= 15 is 0 Å². The highest BCUT2D eigenvalue weighted by Gasteiger charge is 2.51. The van der Waals surface area contributed by atoms with E-state index in [1.54, 1.807) is 20.8 Å². The first-order chi connectivity index (χ1) is 12.7. The van der Waals surface area contributed by atoms with E-state index in [0.29, 0.717) is 18.6 Å². The minimum Gasteiger partial charge on any atom is -0.466 e. The zero-order valence-corrected chi connectivity index (χ0v) is 15.6. The van der Waals surface area contributed by atoms with Crippen LogP contribution in [0.5, 0.6) is 0 Å². The van der Waals surface area contributed by atoms with Crippen LogP contribution in [0.1, 0.15) is 44.9 Å². The van der Waals surface area contributed by atoms with Crippen molar-refractivity contribution >= 4 is 5.97 Å². The quantitative estimate of drug-likeness (QED) is 0.695. The van der Waals surface area contributed by atoms with E-state index in [1.807, 2.05) is 0 Å². The number of esters is 1. The Bertz CT molecular complexity index is 819. The van der Waals surface area contributed by atoms with E-state index in [1.165, 1.54) is 10.8 Å². The third-order valence-corrected chi connectivity index (χ3v) is 5.12. The van der Waals surface area contributed by atoms with Gasteiger partial charge in [0, 0.05) is 31.0 Å². The first-order valence-corrected chi connectivity index (χ1v) is 9.00. The van der Waals surface area contributed by atoms with Gasteiger partial charge in [-0.25, -0.2) is 4.79 Å². The third-order valence-electron chi connectivity index (χ3n) is 5.12. The molecule has 3 heterocycles. The first-order valence-electron chi connectivity index (χ1n) is 9.00. The van der Waals surface area contributed by atoms with Crippen LogP contribution in [-0.2, 0) is 19.0 Å². The van der Waals surface area contributed by atoms with Crippen LogP contribution in [0.25, 0.3) is 0 Å². The molecule has 1 aromatic heterocycles. The van der Waals surface area contributed by atoms with Gasteiger partial charge in [-0.3, -0.25) is 19.1 Å². The molecule has 2 fully saturated rings. The Hall–Kier alpha value is -2.01. The molecule has 27 heavy (non-hydrogen) atoms. The van der Waals surface area contributed by atoms with Gasteiger partial charge in [-0.05, 0) is 20.8 Å². The topological polar surface area (TPSA) is 123 Å². The highest BCUT2D eigenvalue weighted by atomic mass is 16.6. The number of H-pyrrole nitrogens is 1. The molecule has 0 saturated carbocycles. The largest absolute Gasteiger partial charge is 0.466 e. The molecule has 1 aromatic rings. The lowest BCUT2D eigenvalue weighted by atomic mass is 10.0. The van der Waals surface area contributed by atoms with Crippen molar-refractivity contribution in [2.75, 3.05) is 13.2 Å². The molecule has 4 atom stereocenters. The summed E-state index contributed by atoms with van der Waals surface area (Å²) in [5, 5.41) is 11.8. The van der Waals surface area contributed by atoms with Gasteiger partial charge >= 0.3 is 11.7 Å². The fourth-order valence-corrected chi connectivity index (χ4v) is 3.53. The Morgan fingerprint density at radius 3 is 2.93 bits per heavy atom. The number of rotatable bonds is 5. The molecule has 2 aliphatic rings. The molecular formula is C17H25N3O7.